The first kappa shape index (κ1) is 23.5. The third-order valence-corrected chi connectivity index (χ3v) is 10.9. The van der Waals surface area contributed by atoms with Gasteiger partial charge in [-0.2, -0.15) is 0 Å². The Morgan fingerprint density at radius 1 is 1.00 bits per heavy atom. The number of aliphatic hydroxyl groups excluding tert-OH is 1. The van der Waals surface area contributed by atoms with Crippen molar-refractivity contribution in [1.29, 1.82) is 0 Å². The van der Waals surface area contributed by atoms with Crippen LogP contribution in [0.1, 0.15) is 106 Å². The molecule has 0 saturated heterocycles. The number of hydrogen-bond donors (Lipinski definition) is 1. The second-order valence-corrected chi connectivity index (χ2v) is 13.4. The second-order valence-electron chi connectivity index (χ2n) is 13.4. The fourth-order valence-corrected chi connectivity index (χ4v) is 9.19. The van der Waals surface area contributed by atoms with E-state index in [0.29, 0.717) is 35.4 Å². The molecule has 0 aliphatic heterocycles. The average molecular weight is 429 g/mol. The lowest BCUT2D eigenvalue weighted by Crippen LogP contribution is -2.57. The highest BCUT2D eigenvalue weighted by Gasteiger charge is 2.63. The van der Waals surface area contributed by atoms with Gasteiger partial charge in [0.1, 0.15) is 5.78 Å². The van der Waals surface area contributed by atoms with Crippen LogP contribution >= 0.6 is 0 Å². The number of carbonyl (C=O) groups excluding carboxylic acids is 1. The predicted molar refractivity (Wildman–Crippen MR) is 129 cm³/mol. The Hall–Kier alpha value is -0.630. The summed E-state index contributed by atoms with van der Waals surface area (Å²) in [7, 11) is 0. The van der Waals surface area contributed by atoms with Gasteiger partial charge in [0, 0.05) is 11.8 Å². The van der Waals surface area contributed by atoms with E-state index in [-0.39, 0.29) is 11.5 Å². The summed E-state index contributed by atoms with van der Waals surface area (Å²) in [5.41, 5.74) is 1.30. The third kappa shape index (κ3) is 3.58. The molecule has 4 aliphatic carbocycles. The fraction of sp³-hybridized carbons (Fsp3) is 0.897. The van der Waals surface area contributed by atoms with Gasteiger partial charge in [-0.1, -0.05) is 65.5 Å². The summed E-state index contributed by atoms with van der Waals surface area (Å²) in [5, 5.41) is 11.5. The monoisotopic (exact) mass is 428 g/mol. The molecular formula is C29H48O2. The molecule has 4 aliphatic rings. The zero-order chi connectivity index (χ0) is 22.8. The number of fused-ring (bicyclic) bond motifs is 5. The van der Waals surface area contributed by atoms with Gasteiger partial charge in [-0.25, -0.2) is 0 Å². The lowest BCUT2D eigenvalue weighted by molar-refractivity contribution is -0.135. The van der Waals surface area contributed by atoms with Gasteiger partial charge in [0.25, 0.3) is 0 Å². The number of hydrogen-bond acceptors (Lipinski definition) is 2. The molecule has 0 amide bonds. The molecule has 0 bridgehead atoms. The number of rotatable bonds is 5. The quantitative estimate of drug-likeness (QED) is 0.470. The third-order valence-electron chi connectivity index (χ3n) is 10.9. The maximum atomic E-state index is 12.7. The number of aliphatic hydroxyl groups is 1. The van der Waals surface area contributed by atoms with Gasteiger partial charge in [0.15, 0.2) is 0 Å². The molecule has 176 valence electrons. The lowest BCUT2D eigenvalue weighted by atomic mass is 9.44. The highest BCUT2D eigenvalue weighted by Crippen LogP contribution is 2.68. The van der Waals surface area contributed by atoms with Gasteiger partial charge in [-0.05, 0) is 92.3 Å². The molecule has 8 atom stereocenters. The largest absolute Gasteiger partial charge is 0.389 e. The number of allylic oxidation sites excluding steroid dienone is 1. The second kappa shape index (κ2) is 8.00. The van der Waals surface area contributed by atoms with Crippen molar-refractivity contribution >= 4 is 5.78 Å². The number of carbonyl (C=O) groups is 1. The van der Waals surface area contributed by atoms with Gasteiger partial charge >= 0.3 is 0 Å². The molecular weight excluding hydrogens is 380 g/mol. The highest BCUT2D eigenvalue weighted by molar-refractivity contribution is 5.89. The Balaban J connectivity index is 1.59. The summed E-state index contributed by atoms with van der Waals surface area (Å²) in [6.45, 7) is 16.4. The minimum absolute atomic E-state index is 0.0869. The number of ketones is 1. The van der Waals surface area contributed by atoms with Crippen LogP contribution in [0.2, 0.25) is 0 Å². The Morgan fingerprint density at radius 3 is 2.39 bits per heavy atom. The van der Waals surface area contributed by atoms with Crippen LogP contribution in [0.15, 0.2) is 11.6 Å². The Bertz CT molecular complexity index is 733. The van der Waals surface area contributed by atoms with E-state index in [1.54, 1.807) is 0 Å². The van der Waals surface area contributed by atoms with Gasteiger partial charge in [0.05, 0.1) is 6.10 Å². The standard InChI is InChI=1S/C29H48O2/c1-18(2)9-8-10-19(3)20-11-12-21-26-22(13-15-28(20,21)6)29(7)16-14-25(31)27(4,5)24(29)17-23(26)30/h17-23,26,30H,8-16H2,1-7H3/t19-,20-,21+,22+,23?,26+,28-,29-/m1/s1. The van der Waals surface area contributed by atoms with E-state index < -0.39 is 5.41 Å². The molecule has 0 aromatic carbocycles. The highest BCUT2D eigenvalue weighted by atomic mass is 16.3. The molecule has 31 heavy (non-hydrogen) atoms. The Morgan fingerprint density at radius 2 is 1.71 bits per heavy atom. The van der Waals surface area contributed by atoms with Crippen LogP contribution in [0, 0.1) is 51.8 Å². The van der Waals surface area contributed by atoms with Gasteiger partial charge in [-0.15, -0.1) is 0 Å². The van der Waals surface area contributed by atoms with Crippen molar-refractivity contribution in [3.05, 3.63) is 11.6 Å². The van der Waals surface area contributed by atoms with E-state index in [0.717, 1.165) is 24.2 Å². The zero-order valence-electron chi connectivity index (χ0n) is 21.3. The molecule has 0 aromatic rings. The molecule has 0 radical (unpaired) electrons. The molecule has 0 aromatic heterocycles. The molecule has 1 unspecified atom stereocenters. The first-order valence-electron chi connectivity index (χ1n) is 13.4. The van der Waals surface area contributed by atoms with Gasteiger partial charge in [-0.3, -0.25) is 4.79 Å². The fourth-order valence-electron chi connectivity index (χ4n) is 9.19. The average Bonchev–Trinajstić information content (AvgIpc) is 3.04. The molecule has 4 rings (SSSR count). The zero-order valence-corrected chi connectivity index (χ0v) is 21.3. The molecule has 2 nitrogen and oxygen atoms in total. The van der Waals surface area contributed by atoms with Crippen molar-refractivity contribution in [1.82, 2.24) is 0 Å². The summed E-state index contributed by atoms with van der Waals surface area (Å²) in [4.78, 5) is 12.7. The summed E-state index contributed by atoms with van der Waals surface area (Å²) in [6.07, 6.45) is 12.7. The van der Waals surface area contributed by atoms with Crippen molar-refractivity contribution in [2.24, 2.45) is 51.8 Å². The normalized spacial score (nSPS) is 45.0. The molecule has 0 heterocycles. The van der Waals surface area contributed by atoms with Crippen molar-refractivity contribution in [2.45, 2.75) is 112 Å². The van der Waals surface area contributed by atoms with Crippen LogP contribution in [0.5, 0.6) is 0 Å². The molecule has 1 N–H and O–H groups in total. The first-order valence-corrected chi connectivity index (χ1v) is 13.4. The Kier molecular flexibility index (Phi) is 6.07. The molecule has 0 spiro atoms. The van der Waals surface area contributed by atoms with Gasteiger partial charge in [0.2, 0.25) is 0 Å². The van der Waals surface area contributed by atoms with E-state index in [2.05, 4.69) is 54.5 Å². The van der Waals surface area contributed by atoms with Crippen molar-refractivity contribution < 1.29 is 9.90 Å². The van der Waals surface area contributed by atoms with Crippen LogP contribution in [-0.4, -0.2) is 17.0 Å². The maximum Gasteiger partial charge on any atom is 0.142 e. The molecule has 2 heteroatoms. The SMILES string of the molecule is CC(C)CCC[C@@H](C)[C@H]1CC[C@H]2[C@@H]3C(O)C=C4C(C)(C)C(=O)CC[C@]4(C)[C@H]3CC[C@]12C. The first-order chi connectivity index (χ1) is 14.4. The lowest BCUT2D eigenvalue weighted by Gasteiger charge is -2.61. The maximum absolute atomic E-state index is 12.7. The van der Waals surface area contributed by atoms with E-state index in [1.165, 1.54) is 50.5 Å². The predicted octanol–water partition coefficient (Wildman–Crippen LogP) is 7.20. The number of Topliss-reactive ketones (excluding diaryl/α,β-unsaturated/α-hetero) is 1. The van der Waals surface area contributed by atoms with Crippen LogP contribution < -0.4 is 0 Å². The van der Waals surface area contributed by atoms with E-state index in [1.807, 2.05) is 0 Å². The van der Waals surface area contributed by atoms with Crippen molar-refractivity contribution in [2.75, 3.05) is 0 Å². The summed E-state index contributed by atoms with van der Waals surface area (Å²) in [5.74, 6) is 4.31. The minimum Gasteiger partial charge on any atom is -0.389 e. The van der Waals surface area contributed by atoms with E-state index in [9.17, 15) is 9.90 Å². The van der Waals surface area contributed by atoms with Crippen LogP contribution in [0.4, 0.5) is 0 Å². The van der Waals surface area contributed by atoms with Crippen molar-refractivity contribution in [3.63, 3.8) is 0 Å². The van der Waals surface area contributed by atoms with E-state index in [4.69, 9.17) is 0 Å². The van der Waals surface area contributed by atoms with Crippen molar-refractivity contribution in [3.8, 4) is 0 Å². The summed E-state index contributed by atoms with van der Waals surface area (Å²) >= 11 is 0. The molecule has 3 fully saturated rings. The summed E-state index contributed by atoms with van der Waals surface area (Å²) in [6, 6.07) is 0. The molecule has 3 saturated carbocycles. The van der Waals surface area contributed by atoms with Crippen LogP contribution in [0.25, 0.3) is 0 Å². The Labute approximate surface area is 191 Å². The summed E-state index contributed by atoms with van der Waals surface area (Å²) < 4.78 is 0. The van der Waals surface area contributed by atoms with Crippen LogP contribution in [-0.2, 0) is 4.79 Å². The smallest absolute Gasteiger partial charge is 0.142 e. The van der Waals surface area contributed by atoms with Gasteiger partial charge < -0.3 is 5.11 Å². The minimum atomic E-state index is -0.414. The van der Waals surface area contributed by atoms with E-state index >= 15 is 0 Å². The topological polar surface area (TPSA) is 37.3 Å². The van der Waals surface area contributed by atoms with Crippen LogP contribution in [0.3, 0.4) is 0 Å².